The minimum atomic E-state index is 0.322. The van der Waals surface area contributed by atoms with Crippen molar-refractivity contribution in [1.82, 2.24) is 0 Å². The van der Waals surface area contributed by atoms with E-state index in [0.29, 0.717) is 52.7 Å². The number of ether oxygens (including phenoxy) is 4. The number of rotatable bonds is 15. The van der Waals surface area contributed by atoms with Crippen molar-refractivity contribution in [2.75, 3.05) is 39.6 Å². The van der Waals surface area contributed by atoms with Gasteiger partial charge in [0, 0.05) is 0 Å². The van der Waals surface area contributed by atoms with Crippen LogP contribution in [-0.4, -0.2) is 51.8 Å². The number of hydrogen-bond acceptors (Lipinski definition) is 8. The Balaban J connectivity index is 1.44. The molecule has 0 aliphatic heterocycles. The van der Waals surface area contributed by atoms with Gasteiger partial charge in [0.1, 0.15) is 24.7 Å². The summed E-state index contributed by atoms with van der Waals surface area (Å²) in [4.78, 5) is 27.2. The maximum Gasteiger partial charge on any atom is 0.235 e. The van der Waals surface area contributed by atoms with Crippen molar-refractivity contribution >= 4 is 12.2 Å². The molecule has 8 heteroatoms. The molecular formula is C22H24N2O6. The lowest BCUT2D eigenvalue weighted by molar-refractivity contribution is 0.0273. The molecule has 0 bridgehead atoms. The Morgan fingerprint density at radius 3 is 1.30 bits per heavy atom. The normalized spacial score (nSPS) is 10.0. The van der Waals surface area contributed by atoms with E-state index in [-0.39, 0.29) is 0 Å². The monoisotopic (exact) mass is 412 g/mol. The minimum Gasteiger partial charge on any atom is -0.491 e. The van der Waals surface area contributed by atoms with Gasteiger partial charge in [-0.25, -0.2) is 19.6 Å². The molecule has 0 aliphatic rings. The number of aliphatic imine (C=N–C) groups is 2. The van der Waals surface area contributed by atoms with Gasteiger partial charge in [-0.1, -0.05) is 24.3 Å². The number of isocyanates is 2. The van der Waals surface area contributed by atoms with Crippen molar-refractivity contribution in [2.24, 2.45) is 9.98 Å². The van der Waals surface area contributed by atoms with E-state index in [1.54, 1.807) is 0 Å². The van der Waals surface area contributed by atoms with E-state index in [1.165, 1.54) is 12.2 Å². The van der Waals surface area contributed by atoms with Crippen LogP contribution in [0.3, 0.4) is 0 Å². The van der Waals surface area contributed by atoms with Crippen LogP contribution in [-0.2, 0) is 32.2 Å². The van der Waals surface area contributed by atoms with E-state index in [4.69, 9.17) is 18.9 Å². The van der Waals surface area contributed by atoms with Crippen LogP contribution in [0.2, 0.25) is 0 Å². The molecule has 0 aliphatic carbocycles. The maximum atomic E-state index is 10.1. The molecule has 0 radical (unpaired) electrons. The summed E-state index contributed by atoms with van der Waals surface area (Å²) in [5, 5.41) is 0. The standard InChI is InChI=1S/C22H24N2O6/c25-17-23-15-19-1-5-21(6-2-19)29-13-11-27-9-10-28-12-14-30-22-7-3-20(4-8-22)16-24-18-26/h1-8H,9-16H2. The van der Waals surface area contributed by atoms with Crippen molar-refractivity contribution in [3.05, 3.63) is 59.7 Å². The lowest BCUT2D eigenvalue weighted by Crippen LogP contribution is -2.13. The Hall–Kier alpha value is -3.28. The highest BCUT2D eigenvalue weighted by atomic mass is 16.6. The van der Waals surface area contributed by atoms with Gasteiger partial charge in [0.2, 0.25) is 12.2 Å². The van der Waals surface area contributed by atoms with Gasteiger partial charge in [0.05, 0.1) is 39.5 Å². The molecule has 2 rings (SSSR count). The predicted octanol–water partition coefficient (Wildman–Crippen LogP) is 2.85. The van der Waals surface area contributed by atoms with E-state index >= 15 is 0 Å². The molecule has 0 spiro atoms. The van der Waals surface area contributed by atoms with Crippen molar-refractivity contribution in [2.45, 2.75) is 13.1 Å². The highest BCUT2D eigenvalue weighted by molar-refractivity contribution is 5.35. The van der Waals surface area contributed by atoms with Gasteiger partial charge in [0.15, 0.2) is 0 Å². The van der Waals surface area contributed by atoms with Gasteiger partial charge in [-0.3, -0.25) is 0 Å². The molecule has 8 nitrogen and oxygen atoms in total. The number of carbonyl (C=O) groups excluding carboxylic acids is 2. The summed E-state index contributed by atoms with van der Waals surface area (Å²) in [6.07, 6.45) is 3.03. The average Bonchev–Trinajstić information content (AvgIpc) is 2.79. The van der Waals surface area contributed by atoms with Crippen LogP contribution in [0.5, 0.6) is 11.5 Å². The molecule has 0 heterocycles. The van der Waals surface area contributed by atoms with E-state index < -0.39 is 0 Å². The fourth-order valence-electron chi connectivity index (χ4n) is 2.39. The highest BCUT2D eigenvalue weighted by Crippen LogP contribution is 2.13. The van der Waals surface area contributed by atoms with Crippen LogP contribution in [0.25, 0.3) is 0 Å². The van der Waals surface area contributed by atoms with Crippen LogP contribution >= 0.6 is 0 Å². The second kappa shape index (κ2) is 14.7. The van der Waals surface area contributed by atoms with Crippen molar-refractivity contribution in [1.29, 1.82) is 0 Å². The molecule has 0 amide bonds. The quantitative estimate of drug-likeness (QED) is 0.254. The summed E-state index contributed by atoms with van der Waals surface area (Å²) in [6.45, 7) is 3.36. The first kappa shape index (κ1) is 23.0. The third-order valence-electron chi connectivity index (χ3n) is 3.86. The third-order valence-corrected chi connectivity index (χ3v) is 3.86. The Morgan fingerprint density at radius 2 is 0.933 bits per heavy atom. The topological polar surface area (TPSA) is 95.8 Å². The van der Waals surface area contributed by atoms with E-state index in [0.717, 1.165) is 22.6 Å². The van der Waals surface area contributed by atoms with Gasteiger partial charge in [0.25, 0.3) is 0 Å². The van der Waals surface area contributed by atoms with Gasteiger partial charge >= 0.3 is 0 Å². The molecule has 0 N–H and O–H groups in total. The van der Waals surface area contributed by atoms with Crippen molar-refractivity contribution in [3.8, 4) is 11.5 Å². The van der Waals surface area contributed by atoms with E-state index in [9.17, 15) is 9.59 Å². The zero-order valence-electron chi connectivity index (χ0n) is 16.6. The molecule has 30 heavy (non-hydrogen) atoms. The Kier molecular flexibility index (Phi) is 11.3. The van der Waals surface area contributed by atoms with Crippen LogP contribution in [0.15, 0.2) is 58.5 Å². The Bertz CT molecular complexity index is 754. The zero-order chi connectivity index (χ0) is 21.3. The third kappa shape index (κ3) is 9.78. The fourth-order valence-corrected chi connectivity index (χ4v) is 2.39. The summed E-state index contributed by atoms with van der Waals surface area (Å²) < 4.78 is 22.1. The van der Waals surface area contributed by atoms with Crippen molar-refractivity contribution < 1.29 is 28.5 Å². The second-order valence-corrected chi connectivity index (χ2v) is 6.02. The molecule has 0 atom stereocenters. The molecule has 0 saturated carbocycles. The van der Waals surface area contributed by atoms with Crippen LogP contribution in [0, 0.1) is 0 Å². The number of benzene rings is 2. The van der Waals surface area contributed by atoms with Crippen molar-refractivity contribution in [3.63, 3.8) is 0 Å². The molecular weight excluding hydrogens is 388 g/mol. The minimum absolute atomic E-state index is 0.322. The smallest absolute Gasteiger partial charge is 0.235 e. The lowest BCUT2D eigenvalue weighted by atomic mass is 10.2. The van der Waals surface area contributed by atoms with E-state index in [2.05, 4.69) is 9.98 Å². The lowest BCUT2D eigenvalue weighted by Gasteiger charge is -2.09. The largest absolute Gasteiger partial charge is 0.491 e. The van der Waals surface area contributed by atoms with Gasteiger partial charge in [-0.05, 0) is 35.4 Å². The maximum absolute atomic E-state index is 10.1. The summed E-state index contributed by atoms with van der Waals surface area (Å²) in [5.41, 5.74) is 1.84. The first-order chi connectivity index (χ1) is 14.8. The van der Waals surface area contributed by atoms with Gasteiger partial charge < -0.3 is 18.9 Å². The molecule has 158 valence electrons. The molecule has 0 aromatic heterocycles. The number of hydrogen-bond donors (Lipinski definition) is 0. The first-order valence-corrected chi connectivity index (χ1v) is 9.48. The molecule has 2 aromatic carbocycles. The van der Waals surface area contributed by atoms with Crippen LogP contribution in [0.4, 0.5) is 0 Å². The summed E-state index contributed by atoms with van der Waals surface area (Å²) in [7, 11) is 0. The van der Waals surface area contributed by atoms with Crippen LogP contribution in [0.1, 0.15) is 11.1 Å². The zero-order valence-corrected chi connectivity index (χ0v) is 16.6. The molecule has 0 unspecified atom stereocenters. The Morgan fingerprint density at radius 1 is 0.567 bits per heavy atom. The fraction of sp³-hybridized carbons (Fsp3) is 0.364. The SMILES string of the molecule is O=C=NCc1ccc(OCCOCCOCCOc2ccc(CN=C=O)cc2)cc1. The average molecular weight is 412 g/mol. The highest BCUT2D eigenvalue weighted by Gasteiger charge is 1.98. The Labute approximate surface area is 175 Å². The van der Waals surface area contributed by atoms with Gasteiger partial charge in [-0.15, -0.1) is 0 Å². The number of nitrogens with zero attached hydrogens (tertiary/aromatic N) is 2. The predicted molar refractivity (Wildman–Crippen MR) is 109 cm³/mol. The van der Waals surface area contributed by atoms with Gasteiger partial charge in [-0.2, -0.15) is 0 Å². The molecule has 2 aromatic rings. The summed E-state index contributed by atoms with van der Waals surface area (Å²) >= 11 is 0. The second-order valence-electron chi connectivity index (χ2n) is 6.02. The molecule has 0 fully saturated rings. The molecule has 0 saturated heterocycles. The summed E-state index contributed by atoms with van der Waals surface area (Å²) in [5.74, 6) is 1.46. The first-order valence-electron chi connectivity index (χ1n) is 9.48. The van der Waals surface area contributed by atoms with Crippen LogP contribution < -0.4 is 9.47 Å². The summed E-state index contributed by atoms with van der Waals surface area (Å²) in [6, 6.07) is 14.7. The van der Waals surface area contributed by atoms with E-state index in [1.807, 2.05) is 48.5 Å².